The minimum atomic E-state index is -0.642. The molecule has 1 spiro atoms. The van der Waals surface area contributed by atoms with Crippen molar-refractivity contribution >= 4 is 12.0 Å². The highest BCUT2D eigenvalue weighted by atomic mass is 16.5. The SMILES string of the molecule is COC(=O)N[C@H](C(=O)N1CCC[C@H]1c1ncc(-c2ccc(-c3ccc(C)c4c3CC3(CCCC3)C4)cc2)[nH]1)C(C)C. The number of aromatic nitrogens is 2. The first-order chi connectivity index (χ1) is 19.8. The minimum Gasteiger partial charge on any atom is -0.453 e. The molecule has 41 heavy (non-hydrogen) atoms. The maximum Gasteiger partial charge on any atom is 0.407 e. The molecule has 0 radical (unpaired) electrons. The van der Waals surface area contributed by atoms with Crippen molar-refractivity contribution in [1.82, 2.24) is 20.2 Å². The average Bonchev–Trinajstić information content (AvgIpc) is 3.78. The second-order valence-electron chi connectivity index (χ2n) is 12.8. The van der Waals surface area contributed by atoms with Crippen LogP contribution in [0.2, 0.25) is 0 Å². The van der Waals surface area contributed by atoms with E-state index in [1.165, 1.54) is 62.3 Å². The summed E-state index contributed by atoms with van der Waals surface area (Å²) in [7, 11) is 1.31. The van der Waals surface area contributed by atoms with Crippen LogP contribution in [0.3, 0.4) is 0 Å². The normalized spacial score (nSPS) is 20.0. The summed E-state index contributed by atoms with van der Waals surface area (Å²) in [4.78, 5) is 35.4. The number of likely N-dealkylation sites (tertiary alicyclic amines) is 1. The van der Waals surface area contributed by atoms with Crippen LogP contribution in [-0.4, -0.2) is 46.6 Å². The first-order valence-corrected chi connectivity index (χ1v) is 15.2. The predicted octanol–water partition coefficient (Wildman–Crippen LogP) is 6.76. The van der Waals surface area contributed by atoms with Crippen LogP contribution in [0.15, 0.2) is 42.6 Å². The number of methoxy groups -OCH3 is 1. The number of carbonyl (C=O) groups is 2. The Kier molecular flexibility index (Phi) is 7.39. The Bertz CT molecular complexity index is 1430. The summed E-state index contributed by atoms with van der Waals surface area (Å²) in [6, 6.07) is 12.6. The van der Waals surface area contributed by atoms with Gasteiger partial charge in [-0.05, 0) is 90.2 Å². The number of rotatable bonds is 6. The van der Waals surface area contributed by atoms with E-state index in [4.69, 9.17) is 9.72 Å². The summed E-state index contributed by atoms with van der Waals surface area (Å²) < 4.78 is 4.75. The van der Waals surface area contributed by atoms with Gasteiger partial charge < -0.3 is 19.9 Å². The van der Waals surface area contributed by atoms with Crippen LogP contribution in [0.4, 0.5) is 4.79 Å². The van der Waals surface area contributed by atoms with Crippen LogP contribution in [0.1, 0.15) is 80.9 Å². The number of imidazole rings is 1. The molecule has 216 valence electrons. The lowest BCUT2D eigenvalue weighted by molar-refractivity contribution is -0.135. The maximum atomic E-state index is 13.5. The number of nitrogens with one attached hydrogen (secondary N) is 2. The molecule has 2 heterocycles. The molecule has 1 saturated carbocycles. The second-order valence-corrected chi connectivity index (χ2v) is 12.8. The molecule has 2 aliphatic carbocycles. The van der Waals surface area contributed by atoms with Gasteiger partial charge in [-0.1, -0.05) is 63.1 Å². The fourth-order valence-corrected chi connectivity index (χ4v) is 7.49. The van der Waals surface area contributed by atoms with E-state index in [1.54, 1.807) is 11.1 Å². The van der Waals surface area contributed by atoms with Crippen molar-refractivity contribution in [2.75, 3.05) is 13.7 Å². The molecule has 2 fully saturated rings. The number of amides is 2. The summed E-state index contributed by atoms with van der Waals surface area (Å²) in [6.45, 7) is 6.77. The fourth-order valence-electron chi connectivity index (χ4n) is 7.49. The van der Waals surface area contributed by atoms with Gasteiger partial charge in [0.15, 0.2) is 0 Å². The van der Waals surface area contributed by atoms with Gasteiger partial charge in [-0.15, -0.1) is 0 Å². The zero-order valence-corrected chi connectivity index (χ0v) is 24.8. The van der Waals surface area contributed by atoms with Crippen molar-refractivity contribution in [2.24, 2.45) is 11.3 Å². The maximum absolute atomic E-state index is 13.5. The number of alkyl carbamates (subject to hydrolysis) is 1. The van der Waals surface area contributed by atoms with E-state index < -0.39 is 12.1 Å². The number of benzene rings is 2. The van der Waals surface area contributed by atoms with Gasteiger partial charge in [-0.25, -0.2) is 9.78 Å². The van der Waals surface area contributed by atoms with Crippen molar-refractivity contribution in [3.8, 4) is 22.4 Å². The molecule has 1 saturated heterocycles. The van der Waals surface area contributed by atoms with Crippen molar-refractivity contribution < 1.29 is 14.3 Å². The Balaban J connectivity index is 1.20. The number of hydrogen-bond acceptors (Lipinski definition) is 4. The van der Waals surface area contributed by atoms with Crippen LogP contribution < -0.4 is 5.32 Å². The number of fused-ring (bicyclic) bond motifs is 1. The molecule has 7 heteroatoms. The monoisotopic (exact) mass is 554 g/mol. The number of ether oxygens (including phenoxy) is 1. The Labute approximate surface area is 243 Å². The van der Waals surface area contributed by atoms with Crippen LogP contribution >= 0.6 is 0 Å². The fraction of sp³-hybridized carbons (Fsp3) is 0.500. The van der Waals surface area contributed by atoms with Crippen molar-refractivity contribution in [3.05, 3.63) is 65.1 Å². The van der Waals surface area contributed by atoms with Crippen LogP contribution in [0.25, 0.3) is 22.4 Å². The van der Waals surface area contributed by atoms with Gasteiger partial charge in [0.2, 0.25) is 5.91 Å². The molecule has 1 aliphatic heterocycles. The lowest BCUT2D eigenvalue weighted by Gasteiger charge is -2.30. The van der Waals surface area contributed by atoms with E-state index in [0.29, 0.717) is 12.0 Å². The van der Waals surface area contributed by atoms with Crippen LogP contribution in [-0.2, 0) is 22.4 Å². The lowest BCUT2D eigenvalue weighted by Crippen LogP contribution is -2.51. The summed E-state index contributed by atoms with van der Waals surface area (Å²) in [5, 5.41) is 2.71. The molecule has 1 aromatic heterocycles. The highest BCUT2D eigenvalue weighted by Crippen LogP contribution is 2.51. The standard InChI is InChI=1S/C34H42N4O3/c1-21(2)30(37-33(40)41-4)32(39)38-17-7-8-29(38)31-35-20-28(36-31)24-12-10-23(11-13-24)25-14-9-22(3)26-18-34(19-27(25)26)15-5-6-16-34/h9-14,20-21,29-30H,5-8,15-19H2,1-4H3,(H,35,36)(H,37,40)/t29-,30-/m0/s1. The van der Waals surface area contributed by atoms with Gasteiger partial charge in [0.25, 0.3) is 0 Å². The Morgan fingerprint density at radius 1 is 1.02 bits per heavy atom. The molecular weight excluding hydrogens is 512 g/mol. The lowest BCUT2D eigenvalue weighted by atomic mass is 9.83. The molecule has 6 rings (SSSR count). The van der Waals surface area contributed by atoms with E-state index in [-0.39, 0.29) is 17.9 Å². The highest BCUT2D eigenvalue weighted by molar-refractivity contribution is 5.86. The van der Waals surface area contributed by atoms with Gasteiger partial charge in [-0.3, -0.25) is 4.79 Å². The Morgan fingerprint density at radius 3 is 2.44 bits per heavy atom. The molecule has 7 nitrogen and oxygen atoms in total. The van der Waals surface area contributed by atoms with Gasteiger partial charge >= 0.3 is 6.09 Å². The van der Waals surface area contributed by atoms with E-state index in [2.05, 4.69) is 53.6 Å². The molecule has 2 amide bonds. The molecular formula is C34H42N4O3. The third kappa shape index (κ3) is 5.15. The zero-order valence-electron chi connectivity index (χ0n) is 24.8. The molecule has 2 aromatic carbocycles. The Morgan fingerprint density at radius 2 is 1.73 bits per heavy atom. The first-order valence-electron chi connectivity index (χ1n) is 15.2. The number of hydrogen-bond donors (Lipinski definition) is 2. The van der Waals surface area contributed by atoms with Crippen LogP contribution in [0, 0.1) is 18.3 Å². The largest absolute Gasteiger partial charge is 0.453 e. The Hall–Kier alpha value is -3.61. The zero-order chi connectivity index (χ0) is 28.7. The topological polar surface area (TPSA) is 87.3 Å². The minimum absolute atomic E-state index is 0.0630. The molecule has 0 bridgehead atoms. The number of carbonyl (C=O) groups excluding carboxylic acids is 2. The van der Waals surface area contributed by atoms with Gasteiger partial charge in [0, 0.05) is 6.54 Å². The van der Waals surface area contributed by atoms with Crippen LogP contribution in [0.5, 0.6) is 0 Å². The summed E-state index contributed by atoms with van der Waals surface area (Å²) >= 11 is 0. The quantitative estimate of drug-likeness (QED) is 0.353. The number of H-pyrrole nitrogens is 1. The van der Waals surface area contributed by atoms with E-state index in [0.717, 1.165) is 29.9 Å². The van der Waals surface area contributed by atoms with E-state index in [9.17, 15) is 9.59 Å². The number of aromatic amines is 1. The summed E-state index contributed by atoms with van der Waals surface area (Å²) in [6.07, 6.45) is 10.9. The van der Waals surface area contributed by atoms with E-state index >= 15 is 0 Å². The van der Waals surface area contributed by atoms with Crippen molar-refractivity contribution in [2.45, 2.75) is 84.2 Å². The third-order valence-electron chi connectivity index (χ3n) is 9.78. The van der Waals surface area contributed by atoms with Gasteiger partial charge in [0.1, 0.15) is 11.9 Å². The number of nitrogens with zero attached hydrogens (tertiary/aromatic N) is 2. The van der Waals surface area contributed by atoms with Crippen molar-refractivity contribution in [1.29, 1.82) is 0 Å². The van der Waals surface area contributed by atoms with Gasteiger partial charge in [0.05, 0.1) is 25.0 Å². The predicted molar refractivity (Wildman–Crippen MR) is 160 cm³/mol. The molecule has 2 atom stereocenters. The molecule has 3 aromatic rings. The molecule has 2 N–H and O–H groups in total. The van der Waals surface area contributed by atoms with Gasteiger partial charge in [-0.2, -0.15) is 0 Å². The first kappa shape index (κ1) is 27.6. The molecule has 3 aliphatic rings. The summed E-state index contributed by atoms with van der Waals surface area (Å²) in [5.74, 6) is 0.626. The number of aryl methyl sites for hydroxylation is 1. The average molecular weight is 555 g/mol. The van der Waals surface area contributed by atoms with E-state index in [1.807, 2.05) is 24.9 Å². The summed E-state index contributed by atoms with van der Waals surface area (Å²) in [5.41, 5.74) is 9.76. The van der Waals surface area contributed by atoms with Crippen molar-refractivity contribution in [3.63, 3.8) is 0 Å². The second kappa shape index (κ2) is 11.0. The third-order valence-corrected chi connectivity index (χ3v) is 9.78. The highest BCUT2D eigenvalue weighted by Gasteiger charge is 2.41. The molecule has 0 unspecified atom stereocenters. The smallest absolute Gasteiger partial charge is 0.407 e.